The molecule has 1 heterocycles. The average Bonchev–Trinajstić information content (AvgIpc) is 3.20. The molecule has 0 aliphatic carbocycles. The van der Waals surface area contributed by atoms with Gasteiger partial charge in [0.1, 0.15) is 11.4 Å². The van der Waals surface area contributed by atoms with Crippen molar-refractivity contribution >= 4 is 44.7 Å². The number of nitro benzene ring substituents is 1. The van der Waals surface area contributed by atoms with E-state index < -0.39 is 49.6 Å². The van der Waals surface area contributed by atoms with E-state index in [2.05, 4.69) is 38.8 Å². The Balaban J connectivity index is 1.07. The Bertz CT molecular complexity index is 2360. The molecule has 0 atom stereocenters. The summed E-state index contributed by atoms with van der Waals surface area (Å²) in [4.78, 5) is 43.3. The SMILES string of the molecule is CN(C(=O)N(C)c1ccc(S(=O)(=O)NC(=O)c2ccc(N3CCN(Cc4ccccc4-c4ccccc4)CC3)cc2)cc1[N+](=O)[O-])c1ccc(OC(F)(F)F)cc1. The van der Waals surface area contributed by atoms with Crippen LogP contribution in [0.1, 0.15) is 15.9 Å². The molecule has 0 spiro atoms. The summed E-state index contributed by atoms with van der Waals surface area (Å²) >= 11 is 0. The van der Waals surface area contributed by atoms with Crippen molar-refractivity contribution in [1.29, 1.82) is 0 Å². The molecule has 13 nitrogen and oxygen atoms in total. The van der Waals surface area contributed by atoms with Crippen LogP contribution in [0.25, 0.3) is 11.1 Å². The maximum absolute atomic E-state index is 13.3. The minimum atomic E-state index is -4.91. The number of anilines is 3. The second-order valence-corrected chi connectivity index (χ2v) is 14.8. The Labute approximate surface area is 326 Å². The van der Waals surface area contributed by atoms with Crippen molar-refractivity contribution in [2.75, 3.05) is 55.0 Å². The monoisotopic (exact) mass is 802 g/mol. The quantitative estimate of drug-likeness (QED) is 0.108. The van der Waals surface area contributed by atoms with Gasteiger partial charge in [0.05, 0.1) is 9.82 Å². The normalized spacial score (nSPS) is 13.5. The molecule has 5 aromatic rings. The molecule has 0 bridgehead atoms. The van der Waals surface area contributed by atoms with Crippen molar-refractivity contribution in [1.82, 2.24) is 9.62 Å². The predicted molar refractivity (Wildman–Crippen MR) is 209 cm³/mol. The summed E-state index contributed by atoms with van der Waals surface area (Å²) < 4.78 is 69.9. The first-order chi connectivity index (χ1) is 27.1. The van der Waals surface area contributed by atoms with Crippen molar-refractivity contribution in [2.45, 2.75) is 17.8 Å². The molecule has 6 rings (SSSR count). The van der Waals surface area contributed by atoms with Crippen LogP contribution in [0.15, 0.2) is 126 Å². The van der Waals surface area contributed by atoms with E-state index in [-0.39, 0.29) is 16.9 Å². The molecule has 3 amide bonds. The van der Waals surface area contributed by atoms with E-state index in [1.54, 1.807) is 12.1 Å². The largest absolute Gasteiger partial charge is 0.573 e. The van der Waals surface area contributed by atoms with Crippen LogP contribution in [0, 0.1) is 10.1 Å². The fourth-order valence-electron chi connectivity index (χ4n) is 6.44. The van der Waals surface area contributed by atoms with Gasteiger partial charge >= 0.3 is 12.4 Å². The standard InChI is InChI=1S/C40H37F3N6O7S/c1-45(31-16-18-33(19-17-31)56-40(41,42)43)39(51)46(2)36-21-20-34(26-37(36)49(52)53)57(54,55)44-38(50)29-12-14-32(15-13-29)48-24-22-47(23-25-48)27-30-10-6-7-11-35(30)28-8-4-3-5-9-28/h3-21,26H,22-25,27H2,1-2H3,(H,44,50). The molecule has 1 N–H and O–H groups in total. The zero-order chi connectivity index (χ0) is 40.9. The van der Waals surface area contributed by atoms with Gasteiger partial charge in [-0.2, -0.15) is 0 Å². The molecule has 0 saturated carbocycles. The average molecular weight is 803 g/mol. The molecule has 0 aromatic heterocycles. The number of halogens is 3. The first kappa shape index (κ1) is 40.2. The van der Waals surface area contributed by atoms with Crippen LogP contribution >= 0.6 is 0 Å². The number of ether oxygens (including phenoxy) is 1. The number of sulfonamides is 1. The summed E-state index contributed by atoms with van der Waals surface area (Å²) in [6, 6.07) is 31.4. The third-order valence-electron chi connectivity index (χ3n) is 9.44. The fourth-order valence-corrected chi connectivity index (χ4v) is 7.43. The van der Waals surface area contributed by atoms with Crippen molar-refractivity contribution in [3.63, 3.8) is 0 Å². The lowest BCUT2D eigenvalue weighted by molar-refractivity contribution is -0.384. The number of alkyl halides is 3. The summed E-state index contributed by atoms with van der Waals surface area (Å²) in [5.41, 5.74) is 3.62. The van der Waals surface area contributed by atoms with Crippen molar-refractivity contribution in [3.05, 3.63) is 143 Å². The molecular weight excluding hydrogens is 766 g/mol. The summed E-state index contributed by atoms with van der Waals surface area (Å²) in [6.07, 6.45) is -4.91. The summed E-state index contributed by atoms with van der Waals surface area (Å²) in [7, 11) is -2.12. The highest BCUT2D eigenvalue weighted by Gasteiger charge is 2.32. The minimum Gasteiger partial charge on any atom is -0.406 e. The van der Waals surface area contributed by atoms with Gasteiger partial charge in [-0.3, -0.25) is 29.6 Å². The third kappa shape index (κ3) is 9.68. The zero-order valence-electron chi connectivity index (χ0n) is 30.7. The smallest absolute Gasteiger partial charge is 0.406 e. The predicted octanol–water partition coefficient (Wildman–Crippen LogP) is 7.29. The molecular formula is C40H37F3N6O7S. The molecule has 1 aliphatic heterocycles. The van der Waals surface area contributed by atoms with Crippen LogP contribution in [0.4, 0.5) is 40.7 Å². The van der Waals surface area contributed by atoms with E-state index in [1.807, 2.05) is 35.1 Å². The fraction of sp³-hybridized carbons (Fsp3) is 0.200. The summed E-state index contributed by atoms with van der Waals surface area (Å²) in [5.74, 6) is -1.46. The molecule has 1 saturated heterocycles. The van der Waals surface area contributed by atoms with Crippen LogP contribution in [0.3, 0.4) is 0 Å². The molecule has 57 heavy (non-hydrogen) atoms. The first-order valence-electron chi connectivity index (χ1n) is 17.5. The number of amides is 3. The van der Waals surface area contributed by atoms with E-state index in [0.717, 1.165) is 78.5 Å². The number of benzene rings is 5. The number of carbonyl (C=O) groups is 2. The van der Waals surface area contributed by atoms with Gasteiger partial charge in [-0.1, -0.05) is 54.6 Å². The Kier molecular flexibility index (Phi) is 11.8. The lowest BCUT2D eigenvalue weighted by Gasteiger charge is -2.36. The van der Waals surface area contributed by atoms with Gasteiger partial charge in [-0.05, 0) is 77.4 Å². The minimum absolute atomic E-state index is 0.0518. The van der Waals surface area contributed by atoms with Crippen LogP contribution < -0.4 is 24.2 Å². The number of hydrogen-bond donors (Lipinski definition) is 1. The zero-order valence-corrected chi connectivity index (χ0v) is 31.5. The maximum atomic E-state index is 13.3. The van der Waals surface area contributed by atoms with E-state index in [0.29, 0.717) is 0 Å². The number of nitrogens with one attached hydrogen (secondary N) is 1. The van der Waals surface area contributed by atoms with Gasteiger partial charge in [-0.15, -0.1) is 13.2 Å². The highest BCUT2D eigenvalue weighted by molar-refractivity contribution is 7.90. The topological polar surface area (TPSA) is 146 Å². The molecule has 1 fully saturated rings. The molecule has 17 heteroatoms. The number of piperazine rings is 1. The van der Waals surface area contributed by atoms with E-state index in [9.17, 15) is 41.3 Å². The number of rotatable bonds is 11. The molecule has 0 unspecified atom stereocenters. The summed E-state index contributed by atoms with van der Waals surface area (Å²) in [6.45, 7) is 3.91. The van der Waals surface area contributed by atoms with Crippen LogP contribution in [0.5, 0.6) is 5.75 Å². The second-order valence-electron chi connectivity index (χ2n) is 13.1. The van der Waals surface area contributed by atoms with Gasteiger partial charge < -0.3 is 9.64 Å². The molecule has 5 aromatic carbocycles. The van der Waals surface area contributed by atoms with Crippen molar-refractivity contribution < 1.29 is 40.8 Å². The maximum Gasteiger partial charge on any atom is 0.573 e. The first-order valence-corrected chi connectivity index (χ1v) is 19.0. The Hall–Kier alpha value is -6.46. The van der Waals surface area contributed by atoms with Crippen LogP contribution in [0.2, 0.25) is 0 Å². The number of urea groups is 1. The van der Waals surface area contributed by atoms with Crippen molar-refractivity contribution in [3.8, 4) is 16.9 Å². The number of nitro groups is 1. The Morgan fingerprint density at radius 3 is 2.09 bits per heavy atom. The third-order valence-corrected chi connectivity index (χ3v) is 10.8. The van der Waals surface area contributed by atoms with Gasteiger partial charge in [-0.25, -0.2) is 17.9 Å². The highest BCUT2D eigenvalue weighted by atomic mass is 32.2. The van der Waals surface area contributed by atoms with Crippen molar-refractivity contribution in [2.24, 2.45) is 0 Å². The number of nitrogens with zero attached hydrogens (tertiary/aromatic N) is 5. The van der Waals surface area contributed by atoms with Gasteiger partial charge in [0.2, 0.25) is 0 Å². The number of hydrogen-bond acceptors (Lipinski definition) is 9. The number of carbonyl (C=O) groups excluding carboxylic acids is 2. The molecule has 0 radical (unpaired) electrons. The van der Waals surface area contributed by atoms with Gasteiger partial charge in [0, 0.05) is 69.8 Å². The Morgan fingerprint density at radius 1 is 0.825 bits per heavy atom. The van der Waals surface area contributed by atoms with Crippen LogP contribution in [-0.2, 0) is 16.6 Å². The van der Waals surface area contributed by atoms with E-state index >= 15 is 0 Å². The van der Waals surface area contributed by atoms with Crippen LogP contribution in [-0.4, -0.2) is 76.8 Å². The second kappa shape index (κ2) is 16.7. The Morgan fingerprint density at radius 2 is 1.46 bits per heavy atom. The lowest BCUT2D eigenvalue weighted by atomic mass is 9.99. The highest BCUT2D eigenvalue weighted by Crippen LogP contribution is 2.32. The summed E-state index contributed by atoms with van der Waals surface area (Å²) in [5, 5.41) is 12.1. The molecule has 1 aliphatic rings. The van der Waals surface area contributed by atoms with E-state index in [1.165, 1.54) is 55.1 Å². The van der Waals surface area contributed by atoms with E-state index in [4.69, 9.17) is 0 Å². The van der Waals surface area contributed by atoms with Gasteiger partial charge in [0.25, 0.3) is 21.6 Å². The van der Waals surface area contributed by atoms with Gasteiger partial charge in [0.15, 0.2) is 0 Å². The molecule has 296 valence electrons. The lowest BCUT2D eigenvalue weighted by Crippen LogP contribution is -2.46.